The van der Waals surface area contributed by atoms with Gasteiger partial charge in [-0.25, -0.2) is 4.98 Å². The molecule has 128 valence electrons. The second-order valence-electron chi connectivity index (χ2n) is 6.31. The normalized spacial score (nSPS) is 15.4. The number of fused-ring (bicyclic) bond motifs is 1. The van der Waals surface area contributed by atoms with Crippen LogP contribution in [0.25, 0.3) is 10.2 Å². The van der Waals surface area contributed by atoms with Crippen LogP contribution >= 0.6 is 11.3 Å². The summed E-state index contributed by atoms with van der Waals surface area (Å²) < 4.78 is 6.52. The second-order valence-corrected chi connectivity index (χ2v) is 7.32. The van der Waals surface area contributed by atoms with Gasteiger partial charge in [-0.3, -0.25) is 9.69 Å². The highest BCUT2D eigenvalue weighted by Gasteiger charge is 2.30. The number of carbonyl (C=O) groups is 1. The van der Waals surface area contributed by atoms with Crippen LogP contribution in [-0.4, -0.2) is 24.1 Å². The number of anilines is 2. The molecular formula is C20H20N2O2S. The Kier molecular flexibility index (Phi) is 4.51. The molecule has 4 nitrogen and oxygen atoms in total. The molecule has 1 fully saturated rings. The van der Waals surface area contributed by atoms with Gasteiger partial charge >= 0.3 is 0 Å². The first kappa shape index (κ1) is 16.2. The van der Waals surface area contributed by atoms with E-state index in [1.54, 1.807) is 11.3 Å². The van der Waals surface area contributed by atoms with Crippen molar-refractivity contribution >= 4 is 38.3 Å². The highest BCUT2D eigenvalue weighted by atomic mass is 32.1. The highest BCUT2D eigenvalue weighted by Crippen LogP contribution is 2.36. The van der Waals surface area contributed by atoms with Crippen molar-refractivity contribution in [2.45, 2.75) is 19.8 Å². The van der Waals surface area contributed by atoms with E-state index in [1.807, 2.05) is 60.4 Å². The van der Waals surface area contributed by atoms with Crippen LogP contribution in [0.4, 0.5) is 10.8 Å². The van der Waals surface area contributed by atoms with Gasteiger partial charge < -0.3 is 4.74 Å². The van der Waals surface area contributed by atoms with Crippen molar-refractivity contribution in [3.05, 3.63) is 54.1 Å². The van der Waals surface area contributed by atoms with E-state index in [4.69, 9.17) is 9.72 Å². The van der Waals surface area contributed by atoms with Crippen LogP contribution in [0.3, 0.4) is 0 Å². The lowest BCUT2D eigenvalue weighted by Gasteiger charge is -2.28. The molecule has 0 aliphatic carbocycles. The summed E-state index contributed by atoms with van der Waals surface area (Å²) in [5, 5.41) is 0.743. The predicted molar refractivity (Wildman–Crippen MR) is 101 cm³/mol. The summed E-state index contributed by atoms with van der Waals surface area (Å²) in [6, 6.07) is 16.0. The van der Waals surface area contributed by atoms with Gasteiger partial charge in [0.25, 0.3) is 0 Å². The number of aromatic nitrogens is 1. The van der Waals surface area contributed by atoms with Crippen molar-refractivity contribution in [2.24, 2.45) is 5.92 Å². The number of thiazole rings is 1. The standard InChI is InChI=1S/C20H20N2O2S/c1-14-6-2-4-8-17(14)22(19(23)15-10-12-24-13-11-15)20-21-16-7-3-5-9-18(16)25-20/h2-9,15H,10-13H2,1H3. The molecule has 1 aliphatic rings. The van der Waals surface area contributed by atoms with Gasteiger partial charge in [0.05, 0.1) is 15.9 Å². The minimum atomic E-state index is -0.0135. The van der Waals surface area contributed by atoms with E-state index in [9.17, 15) is 4.79 Å². The van der Waals surface area contributed by atoms with Gasteiger partial charge in [0, 0.05) is 19.1 Å². The third-order valence-electron chi connectivity index (χ3n) is 4.62. The van der Waals surface area contributed by atoms with Crippen LogP contribution in [-0.2, 0) is 9.53 Å². The highest BCUT2D eigenvalue weighted by molar-refractivity contribution is 7.22. The molecule has 1 aliphatic heterocycles. The molecule has 1 aromatic heterocycles. The first-order valence-electron chi connectivity index (χ1n) is 8.57. The predicted octanol–water partition coefficient (Wildman–Crippen LogP) is 4.70. The van der Waals surface area contributed by atoms with Crippen LogP contribution in [0.5, 0.6) is 0 Å². The molecule has 0 saturated carbocycles. The Morgan fingerprint density at radius 3 is 2.60 bits per heavy atom. The maximum absolute atomic E-state index is 13.4. The molecule has 0 radical (unpaired) electrons. The van der Waals surface area contributed by atoms with Gasteiger partial charge in [0.2, 0.25) is 5.91 Å². The summed E-state index contributed by atoms with van der Waals surface area (Å²) in [5.74, 6) is 0.108. The van der Waals surface area contributed by atoms with E-state index in [1.165, 1.54) is 0 Å². The zero-order chi connectivity index (χ0) is 17.2. The minimum absolute atomic E-state index is 0.0135. The molecule has 25 heavy (non-hydrogen) atoms. The SMILES string of the molecule is Cc1ccccc1N(C(=O)C1CCOCC1)c1nc2ccccc2s1. The number of ether oxygens (including phenoxy) is 1. The Hall–Kier alpha value is -2.24. The van der Waals surface area contributed by atoms with E-state index < -0.39 is 0 Å². The Labute approximate surface area is 151 Å². The molecule has 2 heterocycles. The monoisotopic (exact) mass is 352 g/mol. The van der Waals surface area contributed by atoms with Crippen LogP contribution in [0.1, 0.15) is 18.4 Å². The van der Waals surface area contributed by atoms with Crippen molar-refractivity contribution in [1.82, 2.24) is 4.98 Å². The van der Waals surface area contributed by atoms with Gasteiger partial charge in [-0.2, -0.15) is 0 Å². The number of hydrogen-bond acceptors (Lipinski definition) is 4. The van der Waals surface area contributed by atoms with E-state index >= 15 is 0 Å². The molecule has 4 rings (SSSR count). The van der Waals surface area contributed by atoms with Crippen LogP contribution in [0.15, 0.2) is 48.5 Å². The van der Waals surface area contributed by atoms with E-state index in [2.05, 4.69) is 0 Å². The topological polar surface area (TPSA) is 42.4 Å². The van der Waals surface area contributed by atoms with Crippen LogP contribution < -0.4 is 4.90 Å². The average Bonchev–Trinajstić information content (AvgIpc) is 3.08. The molecule has 0 N–H and O–H groups in total. The number of rotatable bonds is 3. The average molecular weight is 352 g/mol. The maximum atomic E-state index is 13.4. The summed E-state index contributed by atoms with van der Waals surface area (Å²) in [4.78, 5) is 19.9. The lowest BCUT2D eigenvalue weighted by Crippen LogP contribution is -2.35. The zero-order valence-electron chi connectivity index (χ0n) is 14.1. The number of benzene rings is 2. The summed E-state index contributed by atoms with van der Waals surface area (Å²) in [5.41, 5.74) is 2.92. The number of nitrogens with zero attached hydrogens (tertiary/aromatic N) is 2. The number of carbonyl (C=O) groups excluding carboxylic acids is 1. The largest absolute Gasteiger partial charge is 0.381 e. The molecule has 0 bridgehead atoms. The molecule has 0 spiro atoms. The Bertz CT molecular complexity index is 866. The maximum Gasteiger partial charge on any atom is 0.236 e. The van der Waals surface area contributed by atoms with E-state index in [0.29, 0.717) is 13.2 Å². The third kappa shape index (κ3) is 3.17. The number of para-hydroxylation sites is 2. The fourth-order valence-electron chi connectivity index (χ4n) is 3.21. The fourth-order valence-corrected chi connectivity index (χ4v) is 4.20. The van der Waals surface area contributed by atoms with Crippen molar-refractivity contribution in [3.8, 4) is 0 Å². The Morgan fingerprint density at radius 1 is 1.12 bits per heavy atom. The molecule has 0 atom stereocenters. The van der Waals surface area contributed by atoms with Crippen molar-refractivity contribution in [2.75, 3.05) is 18.1 Å². The lowest BCUT2D eigenvalue weighted by atomic mass is 9.98. The van der Waals surface area contributed by atoms with Crippen LogP contribution in [0, 0.1) is 12.8 Å². The van der Waals surface area contributed by atoms with Gasteiger partial charge in [-0.1, -0.05) is 41.7 Å². The number of amides is 1. The van der Waals surface area contributed by atoms with E-state index in [-0.39, 0.29) is 11.8 Å². The molecule has 1 amide bonds. The summed E-state index contributed by atoms with van der Waals surface area (Å²) in [6.07, 6.45) is 1.54. The smallest absolute Gasteiger partial charge is 0.236 e. The van der Waals surface area contributed by atoms with Crippen molar-refractivity contribution < 1.29 is 9.53 Å². The van der Waals surface area contributed by atoms with Gasteiger partial charge in [-0.05, 0) is 43.5 Å². The lowest BCUT2D eigenvalue weighted by molar-refractivity contribution is -0.124. The quantitative estimate of drug-likeness (QED) is 0.686. The van der Waals surface area contributed by atoms with Crippen molar-refractivity contribution in [3.63, 3.8) is 0 Å². The second kappa shape index (κ2) is 6.94. The number of hydrogen-bond donors (Lipinski definition) is 0. The Balaban J connectivity index is 1.80. The van der Waals surface area contributed by atoms with Gasteiger partial charge in [-0.15, -0.1) is 0 Å². The summed E-state index contributed by atoms with van der Waals surface area (Å²) in [6.45, 7) is 3.34. The molecule has 0 unspecified atom stereocenters. The fraction of sp³-hybridized carbons (Fsp3) is 0.300. The summed E-state index contributed by atoms with van der Waals surface area (Å²) >= 11 is 1.56. The van der Waals surface area contributed by atoms with Gasteiger partial charge in [0.15, 0.2) is 5.13 Å². The zero-order valence-corrected chi connectivity index (χ0v) is 15.0. The molecule has 5 heteroatoms. The Morgan fingerprint density at radius 2 is 1.84 bits per heavy atom. The van der Waals surface area contributed by atoms with Crippen molar-refractivity contribution in [1.29, 1.82) is 0 Å². The first-order chi connectivity index (χ1) is 12.2. The van der Waals surface area contributed by atoms with Crippen LogP contribution in [0.2, 0.25) is 0 Å². The third-order valence-corrected chi connectivity index (χ3v) is 5.64. The number of aryl methyl sites for hydroxylation is 1. The van der Waals surface area contributed by atoms with Gasteiger partial charge in [0.1, 0.15) is 0 Å². The van der Waals surface area contributed by atoms with E-state index in [0.717, 1.165) is 39.4 Å². The first-order valence-corrected chi connectivity index (χ1v) is 9.38. The molecule has 3 aromatic rings. The molecular weight excluding hydrogens is 332 g/mol. The molecule has 2 aromatic carbocycles. The minimum Gasteiger partial charge on any atom is -0.381 e. The molecule has 1 saturated heterocycles. The summed E-state index contributed by atoms with van der Waals surface area (Å²) in [7, 11) is 0.